The second-order valence-corrected chi connectivity index (χ2v) is 14.1. The lowest BCUT2D eigenvalue weighted by atomic mass is 9.74. The highest BCUT2D eigenvalue weighted by atomic mass is 32.3. The highest BCUT2D eigenvalue weighted by Gasteiger charge is 2.53. The van der Waals surface area contributed by atoms with E-state index in [0.717, 1.165) is 5.46 Å². The van der Waals surface area contributed by atoms with Crippen LogP contribution < -0.4 is 5.46 Å². The lowest BCUT2D eigenvalue weighted by Gasteiger charge is -2.39. The van der Waals surface area contributed by atoms with Crippen molar-refractivity contribution in [2.75, 3.05) is 0 Å². The third-order valence-corrected chi connectivity index (χ3v) is 12.1. The Hall–Kier alpha value is -2.79. The highest BCUT2D eigenvalue weighted by molar-refractivity contribution is 8.34. The first kappa shape index (κ1) is 23.6. The van der Waals surface area contributed by atoms with E-state index in [1.54, 1.807) is 0 Å². The summed E-state index contributed by atoms with van der Waals surface area (Å²) in [5.41, 5.74) is 5.43. The van der Waals surface area contributed by atoms with Crippen LogP contribution in [-0.4, -0.2) is 18.3 Å². The largest absolute Gasteiger partial charge is 0.495 e. The fourth-order valence-corrected chi connectivity index (χ4v) is 9.66. The molecule has 182 valence electrons. The van der Waals surface area contributed by atoms with Crippen LogP contribution in [0, 0.1) is 13.8 Å². The average Bonchev–Trinajstić information content (AvgIpc) is 3.27. The maximum absolute atomic E-state index is 6.59. The van der Waals surface area contributed by atoms with Crippen molar-refractivity contribution in [2.24, 2.45) is 0 Å². The van der Waals surface area contributed by atoms with Gasteiger partial charge in [-0.25, -0.2) is 0 Å². The Morgan fingerprint density at radius 1 is 0.583 bits per heavy atom. The molecule has 0 atom stereocenters. The molecule has 0 spiro atoms. The predicted molar refractivity (Wildman–Crippen MR) is 151 cm³/mol. The zero-order chi connectivity index (χ0) is 25.3. The van der Waals surface area contributed by atoms with Gasteiger partial charge in [-0.1, -0.05) is 65.7 Å². The van der Waals surface area contributed by atoms with Crippen LogP contribution in [0.3, 0.4) is 0 Å². The first-order valence-electron chi connectivity index (χ1n) is 12.7. The second-order valence-electron chi connectivity index (χ2n) is 11.0. The van der Waals surface area contributed by atoms with Gasteiger partial charge in [0.2, 0.25) is 0 Å². The van der Waals surface area contributed by atoms with E-state index in [1.165, 1.54) is 41.8 Å². The van der Waals surface area contributed by atoms with Gasteiger partial charge in [-0.2, -0.15) is 0 Å². The molecule has 2 heterocycles. The number of hydrogen-bond acceptors (Lipinski definition) is 2. The third kappa shape index (κ3) is 3.28. The lowest BCUT2D eigenvalue weighted by molar-refractivity contribution is 0.00578. The minimum Gasteiger partial charge on any atom is -0.399 e. The van der Waals surface area contributed by atoms with Gasteiger partial charge in [0.1, 0.15) is 0 Å². The van der Waals surface area contributed by atoms with Crippen LogP contribution >= 0.6 is 10.0 Å². The summed E-state index contributed by atoms with van der Waals surface area (Å²) in [5.74, 6) is 0. The summed E-state index contributed by atoms with van der Waals surface area (Å²) in [6.45, 7) is 12.8. The van der Waals surface area contributed by atoms with Crippen LogP contribution in [0.5, 0.6) is 0 Å². The summed E-state index contributed by atoms with van der Waals surface area (Å²) < 4.78 is 13.2. The molecule has 4 heteroatoms. The molecule has 0 aliphatic carbocycles. The van der Waals surface area contributed by atoms with Crippen LogP contribution in [0.1, 0.15) is 38.8 Å². The molecule has 0 bridgehead atoms. The zero-order valence-electron chi connectivity index (χ0n) is 22.0. The fraction of sp³-hybridized carbons (Fsp3) is 0.250. The Labute approximate surface area is 217 Å². The highest BCUT2D eigenvalue weighted by Crippen LogP contribution is 2.79. The quantitative estimate of drug-likeness (QED) is 0.238. The van der Waals surface area contributed by atoms with Crippen LogP contribution in [0.4, 0.5) is 0 Å². The van der Waals surface area contributed by atoms with Gasteiger partial charge in [0.25, 0.3) is 0 Å². The molecular weight excluding hydrogens is 459 g/mol. The van der Waals surface area contributed by atoms with Gasteiger partial charge in [-0.05, 0) is 94.5 Å². The zero-order valence-corrected chi connectivity index (χ0v) is 22.8. The third-order valence-electron chi connectivity index (χ3n) is 8.13. The van der Waals surface area contributed by atoms with Crippen molar-refractivity contribution in [1.82, 2.24) is 0 Å². The molecule has 0 aromatic heterocycles. The molecule has 4 aromatic carbocycles. The summed E-state index contributed by atoms with van der Waals surface area (Å²) in [5, 5.41) is 0. The van der Waals surface area contributed by atoms with E-state index >= 15 is 0 Å². The van der Waals surface area contributed by atoms with Crippen LogP contribution in [0.25, 0.3) is 11.1 Å². The summed E-state index contributed by atoms with van der Waals surface area (Å²) in [4.78, 5) is 5.46. The molecule has 1 saturated heterocycles. The van der Waals surface area contributed by atoms with Gasteiger partial charge in [0.05, 0.1) is 11.2 Å². The fourth-order valence-electron chi connectivity index (χ4n) is 5.45. The van der Waals surface area contributed by atoms with Crippen molar-refractivity contribution < 1.29 is 9.31 Å². The molecular formula is C32H33BO2S. The Kier molecular flexibility index (Phi) is 5.32. The maximum atomic E-state index is 6.59. The van der Waals surface area contributed by atoms with E-state index in [-0.39, 0.29) is 0 Å². The van der Waals surface area contributed by atoms with Gasteiger partial charge in [-0.3, -0.25) is 0 Å². The smallest absolute Gasteiger partial charge is 0.399 e. The monoisotopic (exact) mass is 492 g/mol. The van der Waals surface area contributed by atoms with E-state index in [1.807, 2.05) is 0 Å². The van der Waals surface area contributed by atoms with E-state index < -0.39 is 28.3 Å². The molecule has 0 N–H and O–H groups in total. The van der Waals surface area contributed by atoms with Crippen molar-refractivity contribution >= 4 is 22.6 Å². The molecule has 1 fully saturated rings. The molecule has 0 amide bonds. The van der Waals surface area contributed by atoms with Gasteiger partial charge < -0.3 is 9.31 Å². The summed E-state index contributed by atoms with van der Waals surface area (Å²) in [6, 6.07) is 34.0. The summed E-state index contributed by atoms with van der Waals surface area (Å²) in [6.07, 6.45) is 0. The molecule has 0 saturated carbocycles. The Morgan fingerprint density at radius 3 is 1.64 bits per heavy atom. The number of fused-ring (bicyclic) bond motifs is 3. The van der Waals surface area contributed by atoms with Crippen LogP contribution in [-0.2, 0) is 9.31 Å². The van der Waals surface area contributed by atoms with Crippen molar-refractivity contribution in [3.05, 3.63) is 102 Å². The van der Waals surface area contributed by atoms with Gasteiger partial charge in [-0.15, -0.1) is 10.0 Å². The molecule has 2 nitrogen and oxygen atoms in total. The Bertz CT molecular complexity index is 1390. The van der Waals surface area contributed by atoms with E-state index in [0.29, 0.717) is 0 Å². The lowest BCUT2D eigenvalue weighted by Crippen LogP contribution is -2.41. The molecule has 0 radical (unpaired) electrons. The van der Waals surface area contributed by atoms with Crippen molar-refractivity contribution in [3.8, 4) is 11.1 Å². The number of hydrogen-bond donors (Lipinski definition) is 0. The van der Waals surface area contributed by atoms with E-state index in [2.05, 4.69) is 133 Å². The molecule has 2 aliphatic rings. The Balaban J connectivity index is 1.68. The topological polar surface area (TPSA) is 18.5 Å². The number of aryl methyl sites for hydroxylation is 2. The molecule has 36 heavy (non-hydrogen) atoms. The number of rotatable bonds is 3. The van der Waals surface area contributed by atoms with Crippen molar-refractivity contribution in [3.63, 3.8) is 0 Å². The van der Waals surface area contributed by atoms with E-state index in [4.69, 9.17) is 9.31 Å². The first-order valence-corrected chi connectivity index (χ1v) is 14.3. The van der Waals surface area contributed by atoms with Gasteiger partial charge >= 0.3 is 7.12 Å². The normalized spacial score (nSPS) is 19.6. The van der Waals surface area contributed by atoms with Crippen LogP contribution in [0.2, 0.25) is 0 Å². The predicted octanol–water partition coefficient (Wildman–Crippen LogP) is 7.92. The van der Waals surface area contributed by atoms with Crippen LogP contribution in [0.15, 0.2) is 111 Å². The SMILES string of the molecule is Cc1ccc(S2(c3ccc(C)cc3)c3ccccc3-c3c(B4OC(C)(C)C(C)(C)O4)cccc32)cc1. The summed E-state index contributed by atoms with van der Waals surface area (Å²) >= 11 is 0. The number of benzene rings is 4. The molecule has 6 rings (SSSR count). The second kappa shape index (κ2) is 8.11. The minimum atomic E-state index is -1.69. The Morgan fingerprint density at radius 2 is 1.08 bits per heavy atom. The molecule has 2 aliphatic heterocycles. The summed E-state index contributed by atoms with van der Waals surface area (Å²) in [7, 11) is -2.10. The van der Waals surface area contributed by atoms with Gasteiger partial charge in [0, 0.05) is 19.6 Å². The van der Waals surface area contributed by atoms with E-state index in [9.17, 15) is 0 Å². The van der Waals surface area contributed by atoms with Crippen molar-refractivity contribution in [1.29, 1.82) is 0 Å². The maximum Gasteiger partial charge on any atom is 0.495 e. The molecule has 0 unspecified atom stereocenters. The standard InChI is InChI=1S/C32H33BO2S/c1-22-14-18-24(19-15-22)36(25-20-16-23(2)17-21-25)28-12-8-7-10-26(28)30-27(11-9-13-29(30)36)33-34-31(3,4)32(5,6)35-33/h7-21H,1-6H3. The van der Waals surface area contributed by atoms with Gasteiger partial charge in [0.15, 0.2) is 0 Å². The minimum absolute atomic E-state index is 0.392. The van der Waals surface area contributed by atoms with Crippen molar-refractivity contribution in [2.45, 2.75) is 72.3 Å². The average molecular weight is 492 g/mol. The first-order chi connectivity index (χ1) is 17.1. The molecule has 4 aromatic rings.